The summed E-state index contributed by atoms with van der Waals surface area (Å²) in [4.78, 5) is 10.3. The fourth-order valence-electron chi connectivity index (χ4n) is 6.05. The Labute approximate surface area is 257 Å². The number of nitrogens with zero attached hydrogens (tertiary/aromatic N) is 2. The minimum atomic E-state index is 0.958. The molecular weight excluding hydrogens is 532 g/mol. The smallest absolute Gasteiger partial charge is 0.0722 e. The number of fused-ring (bicyclic) bond motifs is 3. The lowest BCUT2D eigenvalue weighted by Crippen LogP contribution is -1.93. The molecular formula is C42H28N2. The maximum absolute atomic E-state index is 5.18. The lowest BCUT2D eigenvalue weighted by molar-refractivity contribution is 1.32. The van der Waals surface area contributed by atoms with Crippen LogP contribution in [0.5, 0.6) is 0 Å². The summed E-state index contributed by atoms with van der Waals surface area (Å²) in [6, 6.07) is 59.7. The van der Waals surface area contributed by atoms with Crippen LogP contribution in [0.15, 0.2) is 170 Å². The molecule has 0 N–H and O–H groups in total. The van der Waals surface area contributed by atoms with Crippen molar-refractivity contribution in [2.24, 2.45) is 0 Å². The first-order valence-electron chi connectivity index (χ1n) is 14.9. The third-order valence-corrected chi connectivity index (χ3v) is 8.24. The lowest BCUT2D eigenvalue weighted by Gasteiger charge is -2.15. The number of pyridine rings is 2. The summed E-state index contributed by atoms with van der Waals surface area (Å²) in [5.41, 5.74) is 11.8. The fraction of sp³-hybridized carbons (Fsp3) is 0. The topological polar surface area (TPSA) is 25.8 Å². The van der Waals surface area contributed by atoms with Crippen LogP contribution in [0.2, 0.25) is 0 Å². The summed E-state index contributed by atoms with van der Waals surface area (Å²) in [5.74, 6) is 0. The summed E-state index contributed by atoms with van der Waals surface area (Å²) in [6.07, 6.45) is 0. The van der Waals surface area contributed by atoms with E-state index in [4.69, 9.17) is 9.97 Å². The molecule has 206 valence electrons. The molecule has 6 aromatic carbocycles. The minimum Gasteiger partial charge on any atom is -0.248 e. The molecule has 0 bridgehead atoms. The highest BCUT2D eigenvalue weighted by molar-refractivity contribution is 6.14. The van der Waals surface area contributed by atoms with Crippen molar-refractivity contribution < 1.29 is 0 Å². The van der Waals surface area contributed by atoms with Gasteiger partial charge in [0.25, 0.3) is 0 Å². The van der Waals surface area contributed by atoms with Gasteiger partial charge in [0.15, 0.2) is 0 Å². The van der Waals surface area contributed by atoms with Gasteiger partial charge in [-0.2, -0.15) is 0 Å². The second kappa shape index (κ2) is 11.1. The Morgan fingerprint density at radius 1 is 0.318 bits per heavy atom. The Balaban J connectivity index is 1.38. The molecule has 0 aliphatic rings. The van der Waals surface area contributed by atoms with Gasteiger partial charge in [-0.3, -0.25) is 0 Å². The Bertz CT molecular complexity index is 2180. The first kappa shape index (κ1) is 25.8. The molecule has 2 nitrogen and oxygen atoms in total. The van der Waals surface area contributed by atoms with Gasteiger partial charge < -0.3 is 0 Å². The summed E-state index contributed by atoms with van der Waals surface area (Å²) in [5, 5.41) is 3.54. The van der Waals surface area contributed by atoms with E-state index in [1.54, 1.807) is 0 Å². The van der Waals surface area contributed by atoms with E-state index in [-0.39, 0.29) is 0 Å². The maximum atomic E-state index is 5.18. The first-order chi connectivity index (χ1) is 21.8. The van der Waals surface area contributed by atoms with Crippen molar-refractivity contribution in [3.8, 4) is 56.0 Å². The van der Waals surface area contributed by atoms with Crippen LogP contribution < -0.4 is 0 Å². The zero-order valence-corrected chi connectivity index (χ0v) is 24.1. The monoisotopic (exact) mass is 560 g/mol. The van der Waals surface area contributed by atoms with Gasteiger partial charge in [0, 0.05) is 22.1 Å². The van der Waals surface area contributed by atoms with Gasteiger partial charge in [0.2, 0.25) is 0 Å². The van der Waals surface area contributed by atoms with Crippen molar-refractivity contribution in [3.05, 3.63) is 170 Å². The van der Waals surface area contributed by atoms with Gasteiger partial charge in [-0.15, -0.1) is 0 Å². The van der Waals surface area contributed by atoms with E-state index in [0.717, 1.165) is 55.8 Å². The zero-order chi connectivity index (χ0) is 29.3. The van der Waals surface area contributed by atoms with Crippen LogP contribution >= 0.6 is 0 Å². The number of hydrogen-bond donors (Lipinski definition) is 0. The second-order valence-electron chi connectivity index (χ2n) is 11.0. The average molecular weight is 561 g/mol. The molecule has 8 aromatic rings. The van der Waals surface area contributed by atoms with Crippen molar-refractivity contribution >= 4 is 21.7 Å². The molecule has 0 aliphatic carbocycles. The first-order valence-corrected chi connectivity index (χ1v) is 14.9. The molecule has 0 radical (unpaired) electrons. The van der Waals surface area contributed by atoms with Gasteiger partial charge in [-0.1, -0.05) is 140 Å². The molecule has 0 saturated carbocycles. The molecule has 0 unspecified atom stereocenters. The normalized spacial score (nSPS) is 11.2. The van der Waals surface area contributed by atoms with Gasteiger partial charge in [0.1, 0.15) is 0 Å². The molecule has 44 heavy (non-hydrogen) atoms. The molecule has 8 rings (SSSR count). The van der Waals surface area contributed by atoms with Crippen molar-refractivity contribution in [3.63, 3.8) is 0 Å². The van der Waals surface area contributed by atoms with Crippen molar-refractivity contribution in [1.29, 1.82) is 0 Å². The van der Waals surface area contributed by atoms with Crippen LogP contribution in [0.4, 0.5) is 0 Å². The third kappa shape index (κ3) is 4.83. The summed E-state index contributed by atoms with van der Waals surface area (Å²) < 4.78 is 0. The van der Waals surface area contributed by atoms with Crippen molar-refractivity contribution in [1.82, 2.24) is 9.97 Å². The fourth-order valence-corrected chi connectivity index (χ4v) is 6.05. The largest absolute Gasteiger partial charge is 0.248 e. The van der Waals surface area contributed by atoms with Gasteiger partial charge in [0.05, 0.1) is 22.6 Å². The number of rotatable bonds is 5. The molecule has 0 fully saturated rings. The highest BCUT2D eigenvalue weighted by atomic mass is 14.7. The SMILES string of the molecule is c1ccc(-c2cc(-c3ccc4ccc5nc(-c6ccccc6)cc(-c6ccccc6)c5c4c3)cc(-c3ccccc3)n2)cc1. The molecule has 0 aliphatic heterocycles. The van der Waals surface area contributed by atoms with Crippen LogP contribution in [-0.4, -0.2) is 9.97 Å². The quantitative estimate of drug-likeness (QED) is 0.196. The van der Waals surface area contributed by atoms with Crippen molar-refractivity contribution in [2.45, 2.75) is 0 Å². The van der Waals surface area contributed by atoms with Crippen LogP contribution in [0.25, 0.3) is 77.7 Å². The van der Waals surface area contributed by atoms with E-state index in [2.05, 4.69) is 152 Å². The Hall–Kier alpha value is -5.86. The van der Waals surface area contributed by atoms with Crippen LogP contribution in [0.1, 0.15) is 0 Å². The van der Waals surface area contributed by atoms with Gasteiger partial charge in [-0.25, -0.2) is 9.97 Å². The number of aromatic nitrogens is 2. The van der Waals surface area contributed by atoms with Crippen LogP contribution in [-0.2, 0) is 0 Å². The van der Waals surface area contributed by atoms with Gasteiger partial charge in [-0.05, 0) is 63.4 Å². The predicted octanol–water partition coefficient (Wildman–Crippen LogP) is 11.1. The summed E-state index contributed by atoms with van der Waals surface area (Å²) in [6.45, 7) is 0. The number of hydrogen-bond acceptors (Lipinski definition) is 2. The standard InChI is InChI=1S/C42H28N2/c1-5-13-29(14-6-1)37-28-41(33-19-11-4-12-20-33)43-38-24-23-30-21-22-34(25-36(30)42(37)38)35-26-39(31-15-7-2-8-16-31)44-40(27-35)32-17-9-3-10-18-32/h1-28H. The molecule has 0 saturated heterocycles. The highest BCUT2D eigenvalue weighted by Gasteiger charge is 2.15. The van der Waals surface area contributed by atoms with Crippen molar-refractivity contribution in [2.75, 3.05) is 0 Å². The molecule has 0 amide bonds. The Morgan fingerprint density at radius 3 is 1.34 bits per heavy atom. The van der Waals surface area contributed by atoms with E-state index < -0.39 is 0 Å². The van der Waals surface area contributed by atoms with E-state index >= 15 is 0 Å². The van der Waals surface area contributed by atoms with E-state index in [0.29, 0.717) is 0 Å². The van der Waals surface area contributed by atoms with E-state index in [1.807, 2.05) is 18.2 Å². The molecule has 0 atom stereocenters. The van der Waals surface area contributed by atoms with Crippen LogP contribution in [0, 0.1) is 0 Å². The molecule has 2 aromatic heterocycles. The van der Waals surface area contributed by atoms with Crippen LogP contribution in [0.3, 0.4) is 0 Å². The zero-order valence-electron chi connectivity index (χ0n) is 24.1. The highest BCUT2D eigenvalue weighted by Crippen LogP contribution is 2.39. The molecule has 0 spiro atoms. The van der Waals surface area contributed by atoms with E-state index in [9.17, 15) is 0 Å². The summed E-state index contributed by atoms with van der Waals surface area (Å²) >= 11 is 0. The van der Waals surface area contributed by atoms with E-state index in [1.165, 1.54) is 21.9 Å². The predicted molar refractivity (Wildman–Crippen MR) is 184 cm³/mol. The Morgan fingerprint density at radius 2 is 0.795 bits per heavy atom. The lowest BCUT2D eigenvalue weighted by atomic mass is 9.92. The Kier molecular flexibility index (Phi) is 6.51. The number of benzene rings is 6. The average Bonchev–Trinajstić information content (AvgIpc) is 3.12. The third-order valence-electron chi connectivity index (χ3n) is 8.24. The molecule has 2 heterocycles. The molecule has 2 heteroatoms. The summed E-state index contributed by atoms with van der Waals surface area (Å²) in [7, 11) is 0. The maximum Gasteiger partial charge on any atom is 0.0722 e. The second-order valence-corrected chi connectivity index (χ2v) is 11.0. The van der Waals surface area contributed by atoms with Gasteiger partial charge >= 0.3 is 0 Å². The minimum absolute atomic E-state index is 0.958.